The number of hydrogen-bond acceptors (Lipinski definition) is 3. The minimum atomic E-state index is -5.04. The van der Waals surface area contributed by atoms with E-state index in [1.807, 2.05) is 0 Å². The summed E-state index contributed by atoms with van der Waals surface area (Å²) in [6.07, 6.45) is -5.04. The van der Waals surface area contributed by atoms with Gasteiger partial charge < -0.3 is 10.1 Å². The van der Waals surface area contributed by atoms with Crippen molar-refractivity contribution in [2.75, 3.05) is 5.32 Å². The number of nitrogens with one attached hydrogen (secondary N) is 2. The molecular formula is C10H5BrF3N3O3. The number of carbonyl (C=O) groups excluding carboxylic acids is 1. The van der Waals surface area contributed by atoms with Crippen molar-refractivity contribution in [3.05, 3.63) is 22.2 Å². The van der Waals surface area contributed by atoms with Crippen molar-refractivity contribution in [1.29, 1.82) is 0 Å². The summed E-state index contributed by atoms with van der Waals surface area (Å²) in [6.45, 7) is 0. The molecule has 1 aromatic heterocycles. The van der Waals surface area contributed by atoms with Gasteiger partial charge in [-0.3, -0.25) is 10.1 Å². The van der Waals surface area contributed by atoms with E-state index in [9.17, 15) is 22.8 Å². The van der Waals surface area contributed by atoms with Crippen molar-refractivity contribution < 1.29 is 27.9 Å². The number of aromatic nitrogens is 2. The maximum absolute atomic E-state index is 12.1. The van der Waals surface area contributed by atoms with Crippen LogP contribution in [0.3, 0.4) is 0 Å². The number of H-pyrrole nitrogens is 1. The maximum Gasteiger partial charge on any atom is 0.471 e. The van der Waals surface area contributed by atoms with Gasteiger partial charge in [0.2, 0.25) is 5.95 Å². The molecule has 0 fully saturated rings. The smallest absolute Gasteiger partial charge is 0.471 e. The highest BCUT2D eigenvalue weighted by molar-refractivity contribution is 9.10. The van der Waals surface area contributed by atoms with Crippen LogP contribution in [0, 0.1) is 0 Å². The molecule has 20 heavy (non-hydrogen) atoms. The molecule has 0 atom stereocenters. The molecule has 1 amide bonds. The van der Waals surface area contributed by atoms with E-state index < -0.39 is 24.0 Å². The molecule has 0 aliphatic rings. The molecule has 1 aromatic carbocycles. The summed E-state index contributed by atoms with van der Waals surface area (Å²) in [5.74, 6) is -3.81. The Kier molecular flexibility index (Phi) is 3.42. The predicted octanol–water partition coefficient (Wildman–Crippen LogP) is 2.52. The Bertz CT molecular complexity index is 711. The average Bonchev–Trinajstić information content (AvgIpc) is 2.70. The second-order valence-electron chi connectivity index (χ2n) is 3.70. The Morgan fingerprint density at radius 1 is 1.35 bits per heavy atom. The normalized spacial score (nSPS) is 11.6. The number of alkyl halides is 3. The molecule has 3 N–H and O–H groups in total. The van der Waals surface area contributed by atoms with Crippen molar-refractivity contribution in [1.82, 2.24) is 9.97 Å². The summed E-state index contributed by atoms with van der Waals surface area (Å²) in [5.41, 5.74) is 0.295. The van der Waals surface area contributed by atoms with E-state index in [1.54, 1.807) is 5.32 Å². The first-order chi connectivity index (χ1) is 9.18. The fourth-order valence-electron chi connectivity index (χ4n) is 1.44. The summed E-state index contributed by atoms with van der Waals surface area (Å²) in [6, 6.07) is 2.44. The van der Waals surface area contributed by atoms with Crippen LogP contribution in [0.2, 0.25) is 0 Å². The number of imidazole rings is 1. The minimum Gasteiger partial charge on any atom is -0.478 e. The van der Waals surface area contributed by atoms with Crippen molar-refractivity contribution in [2.45, 2.75) is 6.18 Å². The molecule has 106 valence electrons. The van der Waals surface area contributed by atoms with E-state index in [0.29, 0.717) is 0 Å². The number of nitrogens with zero attached hydrogens (tertiary/aromatic N) is 1. The van der Waals surface area contributed by atoms with Gasteiger partial charge in [0.05, 0.1) is 11.1 Å². The van der Waals surface area contributed by atoms with E-state index in [0.717, 1.165) is 0 Å². The minimum absolute atomic E-state index is 0.0817. The molecule has 0 spiro atoms. The van der Waals surface area contributed by atoms with Crippen LogP contribution in [-0.2, 0) is 4.79 Å². The third kappa shape index (κ3) is 2.74. The molecule has 2 rings (SSSR count). The van der Waals surface area contributed by atoms with Gasteiger partial charge in [0, 0.05) is 4.47 Å². The topological polar surface area (TPSA) is 95.1 Å². The van der Waals surface area contributed by atoms with Gasteiger partial charge in [-0.1, -0.05) is 0 Å². The Morgan fingerprint density at radius 3 is 2.55 bits per heavy atom. The molecule has 0 saturated heterocycles. The number of halogens is 4. The molecule has 0 saturated carbocycles. The number of carboxylic acid groups (broad SMARTS) is 1. The SMILES string of the molecule is O=C(O)c1cc(Br)c2nc(NC(=O)C(F)(F)F)[nH]c2c1. The maximum atomic E-state index is 12.1. The highest BCUT2D eigenvalue weighted by Crippen LogP contribution is 2.26. The Hall–Kier alpha value is -2.10. The highest BCUT2D eigenvalue weighted by Gasteiger charge is 2.39. The van der Waals surface area contributed by atoms with Crippen LogP contribution < -0.4 is 5.32 Å². The van der Waals surface area contributed by atoms with E-state index in [-0.39, 0.29) is 21.1 Å². The molecule has 2 aromatic rings. The number of carboxylic acids is 1. The fraction of sp³-hybridized carbons (Fsp3) is 0.100. The number of fused-ring (bicyclic) bond motifs is 1. The number of carbonyl (C=O) groups is 2. The molecule has 1 heterocycles. The lowest BCUT2D eigenvalue weighted by molar-refractivity contribution is -0.167. The zero-order chi connectivity index (χ0) is 15.1. The largest absolute Gasteiger partial charge is 0.478 e. The van der Waals surface area contributed by atoms with Crippen LogP contribution in [0.25, 0.3) is 11.0 Å². The lowest BCUT2D eigenvalue weighted by Gasteiger charge is -2.04. The molecule has 0 aliphatic carbocycles. The summed E-state index contributed by atoms with van der Waals surface area (Å²) < 4.78 is 36.6. The predicted molar refractivity (Wildman–Crippen MR) is 65.4 cm³/mol. The van der Waals surface area contributed by atoms with Gasteiger partial charge in [0.1, 0.15) is 5.52 Å². The first kappa shape index (κ1) is 14.3. The van der Waals surface area contributed by atoms with Gasteiger partial charge in [-0.2, -0.15) is 13.2 Å². The monoisotopic (exact) mass is 351 g/mol. The first-order valence-corrected chi connectivity index (χ1v) is 5.78. The standard InChI is InChI=1S/C10H5BrF3N3O3/c11-4-1-3(7(18)19)2-5-6(4)16-9(15-5)17-8(20)10(12,13)14/h1-2H,(H,18,19)(H2,15,16,17,20). The summed E-state index contributed by atoms with van der Waals surface area (Å²) in [7, 11) is 0. The number of benzene rings is 1. The zero-order valence-electron chi connectivity index (χ0n) is 9.38. The van der Waals surface area contributed by atoms with E-state index in [2.05, 4.69) is 25.9 Å². The second-order valence-corrected chi connectivity index (χ2v) is 4.55. The van der Waals surface area contributed by atoms with Gasteiger partial charge >= 0.3 is 18.1 Å². The molecule has 6 nitrogen and oxygen atoms in total. The van der Waals surface area contributed by atoms with E-state index in [1.165, 1.54) is 12.1 Å². The summed E-state index contributed by atoms with van der Waals surface area (Å²) >= 11 is 3.05. The number of amides is 1. The third-order valence-corrected chi connectivity index (χ3v) is 2.88. The number of hydrogen-bond donors (Lipinski definition) is 3. The van der Waals surface area contributed by atoms with Gasteiger partial charge in [0.15, 0.2) is 0 Å². The lowest BCUT2D eigenvalue weighted by atomic mass is 10.2. The van der Waals surface area contributed by atoms with Crippen molar-refractivity contribution >= 4 is 44.8 Å². The molecular weight excluding hydrogens is 347 g/mol. The number of anilines is 1. The number of aromatic amines is 1. The Labute approximate surface area is 117 Å². The van der Waals surface area contributed by atoms with Gasteiger partial charge in [0.25, 0.3) is 0 Å². The van der Waals surface area contributed by atoms with Crippen LogP contribution >= 0.6 is 15.9 Å². The molecule has 0 bridgehead atoms. The van der Waals surface area contributed by atoms with Gasteiger partial charge in [-0.25, -0.2) is 9.78 Å². The fourth-order valence-corrected chi connectivity index (χ4v) is 1.99. The summed E-state index contributed by atoms with van der Waals surface area (Å²) in [4.78, 5) is 27.7. The van der Waals surface area contributed by atoms with Crippen LogP contribution in [-0.4, -0.2) is 33.1 Å². The average molecular weight is 352 g/mol. The highest BCUT2D eigenvalue weighted by atomic mass is 79.9. The van der Waals surface area contributed by atoms with Crippen LogP contribution in [0.15, 0.2) is 16.6 Å². The van der Waals surface area contributed by atoms with E-state index in [4.69, 9.17) is 5.11 Å². The number of aromatic carboxylic acids is 1. The van der Waals surface area contributed by atoms with E-state index >= 15 is 0 Å². The number of rotatable bonds is 2. The van der Waals surface area contributed by atoms with Gasteiger partial charge in [-0.05, 0) is 28.1 Å². The van der Waals surface area contributed by atoms with Crippen LogP contribution in [0.1, 0.15) is 10.4 Å². The summed E-state index contributed by atoms with van der Waals surface area (Å²) in [5, 5.41) is 10.4. The van der Waals surface area contributed by atoms with Crippen molar-refractivity contribution in [2.24, 2.45) is 0 Å². The molecule has 0 radical (unpaired) electrons. The van der Waals surface area contributed by atoms with Crippen molar-refractivity contribution in [3.8, 4) is 0 Å². The second kappa shape index (κ2) is 4.78. The zero-order valence-corrected chi connectivity index (χ0v) is 11.0. The van der Waals surface area contributed by atoms with Gasteiger partial charge in [-0.15, -0.1) is 0 Å². The third-order valence-electron chi connectivity index (χ3n) is 2.28. The quantitative estimate of drug-likeness (QED) is 0.774. The lowest BCUT2D eigenvalue weighted by Crippen LogP contribution is -2.30. The Balaban J connectivity index is 2.41. The Morgan fingerprint density at radius 2 is 2.00 bits per heavy atom. The first-order valence-electron chi connectivity index (χ1n) is 4.99. The van der Waals surface area contributed by atoms with Crippen molar-refractivity contribution in [3.63, 3.8) is 0 Å². The van der Waals surface area contributed by atoms with Crippen LogP contribution in [0.4, 0.5) is 19.1 Å². The van der Waals surface area contributed by atoms with Crippen LogP contribution in [0.5, 0.6) is 0 Å². The molecule has 10 heteroatoms. The molecule has 0 aliphatic heterocycles. The molecule has 0 unspecified atom stereocenters.